The second-order valence-corrected chi connectivity index (χ2v) is 4.19. The van der Waals surface area contributed by atoms with Gasteiger partial charge in [-0.25, -0.2) is 0 Å². The van der Waals surface area contributed by atoms with Gasteiger partial charge < -0.3 is 10.1 Å². The zero-order chi connectivity index (χ0) is 11.9. The second-order valence-electron chi connectivity index (χ2n) is 4.19. The van der Waals surface area contributed by atoms with Crippen LogP contribution in [0, 0.1) is 0 Å². The van der Waals surface area contributed by atoms with Gasteiger partial charge >= 0.3 is 0 Å². The van der Waals surface area contributed by atoms with Crippen molar-refractivity contribution in [3.63, 3.8) is 0 Å². The van der Waals surface area contributed by atoms with Crippen LogP contribution < -0.4 is 5.32 Å². The predicted octanol–water partition coefficient (Wildman–Crippen LogP) is 3.68. The maximum Gasteiger partial charge on any atom is 0.0462 e. The molecule has 2 heteroatoms. The van der Waals surface area contributed by atoms with Crippen molar-refractivity contribution in [1.29, 1.82) is 0 Å². The number of unbranched alkanes of at least 4 members (excludes halogenated alkanes) is 1. The Balaban J connectivity index is 1.90. The first kappa shape index (κ1) is 11.9. The predicted molar refractivity (Wildman–Crippen MR) is 73.5 cm³/mol. The number of fused-ring (bicyclic) bond motifs is 1. The molecule has 0 atom stereocenters. The third kappa shape index (κ3) is 3.46. The number of anilines is 1. The summed E-state index contributed by atoms with van der Waals surface area (Å²) in [7, 11) is 1.75. The number of hydrogen-bond donors (Lipinski definition) is 1. The van der Waals surface area contributed by atoms with Crippen LogP contribution in [-0.4, -0.2) is 20.3 Å². The van der Waals surface area contributed by atoms with Crippen LogP contribution in [0.5, 0.6) is 0 Å². The minimum Gasteiger partial charge on any atom is -0.385 e. The molecule has 2 nitrogen and oxygen atoms in total. The summed E-state index contributed by atoms with van der Waals surface area (Å²) < 4.78 is 5.02. The first-order chi connectivity index (χ1) is 8.40. The third-order valence-electron chi connectivity index (χ3n) is 2.85. The fourth-order valence-corrected chi connectivity index (χ4v) is 1.90. The molecule has 0 saturated heterocycles. The van der Waals surface area contributed by atoms with Crippen molar-refractivity contribution < 1.29 is 4.74 Å². The average molecular weight is 229 g/mol. The van der Waals surface area contributed by atoms with E-state index in [0.29, 0.717) is 0 Å². The van der Waals surface area contributed by atoms with Crippen LogP contribution in [0.4, 0.5) is 5.69 Å². The molecule has 0 unspecified atom stereocenters. The van der Waals surface area contributed by atoms with Crippen molar-refractivity contribution in [3.8, 4) is 0 Å². The lowest BCUT2D eigenvalue weighted by Gasteiger charge is -2.07. The Kier molecular flexibility index (Phi) is 4.39. The molecule has 0 saturated carbocycles. The summed E-state index contributed by atoms with van der Waals surface area (Å²) in [5.41, 5.74) is 1.20. The van der Waals surface area contributed by atoms with Gasteiger partial charge in [-0.1, -0.05) is 30.3 Å². The lowest BCUT2D eigenvalue weighted by Crippen LogP contribution is -2.02. The van der Waals surface area contributed by atoms with Crippen LogP contribution in [0.2, 0.25) is 0 Å². The lowest BCUT2D eigenvalue weighted by molar-refractivity contribution is 0.194. The van der Waals surface area contributed by atoms with Crippen molar-refractivity contribution in [3.05, 3.63) is 42.5 Å². The Bertz CT molecular complexity index is 467. The highest BCUT2D eigenvalue weighted by Crippen LogP contribution is 2.18. The Morgan fingerprint density at radius 2 is 1.82 bits per heavy atom. The van der Waals surface area contributed by atoms with Crippen molar-refractivity contribution in [2.75, 3.05) is 25.6 Å². The van der Waals surface area contributed by atoms with E-state index in [0.717, 1.165) is 26.0 Å². The Morgan fingerprint density at radius 3 is 2.65 bits per heavy atom. The molecule has 90 valence electrons. The molecule has 0 aromatic heterocycles. The molecule has 2 aromatic carbocycles. The molecule has 0 amide bonds. The first-order valence-corrected chi connectivity index (χ1v) is 6.12. The fourth-order valence-electron chi connectivity index (χ4n) is 1.90. The smallest absolute Gasteiger partial charge is 0.0462 e. The molecule has 0 bridgehead atoms. The summed E-state index contributed by atoms with van der Waals surface area (Å²) in [6.45, 7) is 1.85. The highest BCUT2D eigenvalue weighted by atomic mass is 16.5. The zero-order valence-electron chi connectivity index (χ0n) is 10.3. The average Bonchev–Trinajstić information content (AvgIpc) is 2.38. The fraction of sp³-hybridized carbons (Fsp3) is 0.333. The standard InChI is InChI=1S/C15H19NO/c1-17-11-5-4-10-16-15-9-8-13-6-2-3-7-14(13)12-15/h2-3,6-9,12,16H,4-5,10-11H2,1H3. The van der Waals surface area contributed by atoms with E-state index in [1.807, 2.05) is 0 Å². The van der Waals surface area contributed by atoms with Gasteiger partial charge in [0.2, 0.25) is 0 Å². The van der Waals surface area contributed by atoms with Crippen LogP contribution in [0.1, 0.15) is 12.8 Å². The van der Waals surface area contributed by atoms with Crippen molar-refractivity contribution in [1.82, 2.24) is 0 Å². The molecular formula is C15H19NO. The summed E-state index contributed by atoms with van der Waals surface area (Å²) >= 11 is 0. The molecule has 0 fully saturated rings. The van der Waals surface area contributed by atoms with E-state index in [4.69, 9.17) is 4.74 Å². The second kappa shape index (κ2) is 6.26. The molecule has 1 N–H and O–H groups in total. The van der Waals surface area contributed by atoms with E-state index < -0.39 is 0 Å². The van der Waals surface area contributed by atoms with Gasteiger partial charge in [-0.15, -0.1) is 0 Å². The molecule has 0 radical (unpaired) electrons. The molecule has 0 aliphatic rings. The molecule has 0 aliphatic heterocycles. The van der Waals surface area contributed by atoms with E-state index >= 15 is 0 Å². The highest BCUT2D eigenvalue weighted by molar-refractivity contribution is 5.85. The Hall–Kier alpha value is -1.54. The highest BCUT2D eigenvalue weighted by Gasteiger charge is 1.95. The van der Waals surface area contributed by atoms with Crippen LogP contribution in [0.25, 0.3) is 10.8 Å². The van der Waals surface area contributed by atoms with Gasteiger partial charge in [-0.2, -0.15) is 0 Å². The van der Waals surface area contributed by atoms with Crippen LogP contribution in [-0.2, 0) is 4.74 Å². The van der Waals surface area contributed by atoms with Gasteiger partial charge in [0.25, 0.3) is 0 Å². The van der Waals surface area contributed by atoms with Gasteiger partial charge in [0, 0.05) is 25.9 Å². The van der Waals surface area contributed by atoms with E-state index in [-0.39, 0.29) is 0 Å². The van der Waals surface area contributed by atoms with E-state index in [2.05, 4.69) is 47.8 Å². The van der Waals surface area contributed by atoms with E-state index in [1.54, 1.807) is 7.11 Å². The molecule has 0 aliphatic carbocycles. The normalized spacial score (nSPS) is 10.6. The maximum absolute atomic E-state index is 5.02. The summed E-state index contributed by atoms with van der Waals surface area (Å²) in [6, 6.07) is 14.9. The number of methoxy groups -OCH3 is 1. The zero-order valence-corrected chi connectivity index (χ0v) is 10.3. The summed E-state index contributed by atoms with van der Waals surface area (Å²) in [5, 5.41) is 6.02. The van der Waals surface area contributed by atoms with Crippen LogP contribution >= 0.6 is 0 Å². The van der Waals surface area contributed by atoms with Gasteiger partial charge in [-0.3, -0.25) is 0 Å². The molecule has 0 spiro atoms. The van der Waals surface area contributed by atoms with Gasteiger partial charge in [0.1, 0.15) is 0 Å². The quantitative estimate of drug-likeness (QED) is 0.763. The van der Waals surface area contributed by atoms with Crippen molar-refractivity contribution >= 4 is 16.5 Å². The monoisotopic (exact) mass is 229 g/mol. The Labute approximate surface area is 103 Å². The first-order valence-electron chi connectivity index (χ1n) is 6.12. The molecule has 17 heavy (non-hydrogen) atoms. The summed E-state index contributed by atoms with van der Waals surface area (Å²) in [5.74, 6) is 0. The number of hydrogen-bond acceptors (Lipinski definition) is 2. The van der Waals surface area contributed by atoms with Crippen molar-refractivity contribution in [2.24, 2.45) is 0 Å². The third-order valence-corrected chi connectivity index (χ3v) is 2.85. The number of ether oxygens (including phenoxy) is 1. The lowest BCUT2D eigenvalue weighted by atomic mass is 10.1. The van der Waals surface area contributed by atoms with Gasteiger partial charge in [-0.05, 0) is 35.7 Å². The topological polar surface area (TPSA) is 21.3 Å². The summed E-state index contributed by atoms with van der Waals surface area (Å²) in [6.07, 6.45) is 2.25. The molecule has 2 aromatic rings. The minimum atomic E-state index is 0.847. The van der Waals surface area contributed by atoms with E-state index in [9.17, 15) is 0 Å². The Morgan fingerprint density at radius 1 is 1.00 bits per heavy atom. The summed E-state index contributed by atoms with van der Waals surface area (Å²) in [4.78, 5) is 0. The van der Waals surface area contributed by atoms with Crippen LogP contribution in [0.3, 0.4) is 0 Å². The van der Waals surface area contributed by atoms with Crippen LogP contribution in [0.15, 0.2) is 42.5 Å². The minimum absolute atomic E-state index is 0.847. The van der Waals surface area contributed by atoms with Gasteiger partial charge in [0.05, 0.1) is 0 Å². The van der Waals surface area contributed by atoms with E-state index in [1.165, 1.54) is 16.5 Å². The largest absolute Gasteiger partial charge is 0.385 e. The van der Waals surface area contributed by atoms with Gasteiger partial charge in [0.15, 0.2) is 0 Å². The SMILES string of the molecule is COCCCCNc1ccc2ccccc2c1. The molecule has 0 heterocycles. The number of benzene rings is 2. The van der Waals surface area contributed by atoms with Crippen molar-refractivity contribution in [2.45, 2.75) is 12.8 Å². The number of rotatable bonds is 6. The molecular weight excluding hydrogens is 210 g/mol. The maximum atomic E-state index is 5.02. The number of nitrogens with one attached hydrogen (secondary N) is 1. The molecule has 2 rings (SSSR count).